The molecule has 2 fully saturated rings. The summed E-state index contributed by atoms with van der Waals surface area (Å²) < 4.78 is 13.3. The Kier molecular flexibility index (Phi) is 3.91. The van der Waals surface area contributed by atoms with Crippen molar-refractivity contribution in [1.29, 1.82) is 0 Å². The van der Waals surface area contributed by atoms with Crippen molar-refractivity contribution in [2.45, 2.75) is 18.9 Å². The van der Waals surface area contributed by atoms with E-state index in [9.17, 15) is 9.18 Å². The van der Waals surface area contributed by atoms with Gasteiger partial charge in [-0.15, -0.1) is 11.3 Å². The lowest BCUT2D eigenvalue weighted by Crippen LogP contribution is -2.46. The molecule has 1 aromatic heterocycles. The Labute approximate surface area is 139 Å². The van der Waals surface area contributed by atoms with Crippen molar-refractivity contribution >= 4 is 17.2 Å². The second kappa shape index (κ2) is 6.06. The van der Waals surface area contributed by atoms with Gasteiger partial charge in [0.05, 0.1) is 4.88 Å². The van der Waals surface area contributed by atoms with Crippen molar-refractivity contribution in [3.8, 4) is 10.4 Å². The second-order valence-electron chi connectivity index (χ2n) is 6.49. The number of amides is 1. The highest BCUT2D eigenvalue weighted by Crippen LogP contribution is 2.30. The van der Waals surface area contributed by atoms with Crippen LogP contribution in [0.2, 0.25) is 0 Å². The molecule has 1 amide bonds. The van der Waals surface area contributed by atoms with Gasteiger partial charge < -0.3 is 10.2 Å². The first-order chi connectivity index (χ1) is 11.2. The van der Waals surface area contributed by atoms with E-state index in [0.29, 0.717) is 4.88 Å². The third-order valence-corrected chi connectivity index (χ3v) is 5.87. The zero-order valence-corrected chi connectivity index (χ0v) is 13.6. The maximum absolute atomic E-state index is 13.3. The lowest BCUT2D eigenvalue weighted by molar-refractivity contribution is 0.0913. The van der Waals surface area contributed by atoms with Crippen molar-refractivity contribution in [3.63, 3.8) is 0 Å². The van der Waals surface area contributed by atoms with E-state index in [4.69, 9.17) is 0 Å². The molecule has 23 heavy (non-hydrogen) atoms. The van der Waals surface area contributed by atoms with Gasteiger partial charge in [0.1, 0.15) is 5.82 Å². The van der Waals surface area contributed by atoms with Gasteiger partial charge in [0.15, 0.2) is 0 Å². The van der Waals surface area contributed by atoms with Crippen molar-refractivity contribution < 1.29 is 9.18 Å². The van der Waals surface area contributed by atoms with Crippen LogP contribution in [0, 0.1) is 11.7 Å². The number of hydrogen-bond donors (Lipinski definition) is 1. The summed E-state index contributed by atoms with van der Waals surface area (Å²) in [5, 5.41) is 3.17. The summed E-state index contributed by atoms with van der Waals surface area (Å²) in [6, 6.07) is 10.5. The minimum Gasteiger partial charge on any atom is -0.347 e. The van der Waals surface area contributed by atoms with E-state index in [1.807, 2.05) is 18.2 Å². The summed E-state index contributed by atoms with van der Waals surface area (Å²) in [6.45, 7) is 3.32. The van der Waals surface area contributed by atoms with Crippen LogP contribution in [0.15, 0.2) is 36.4 Å². The molecule has 1 N–H and O–H groups in total. The minimum absolute atomic E-state index is 0.00912. The van der Waals surface area contributed by atoms with Crippen LogP contribution >= 0.6 is 11.3 Å². The molecule has 0 aliphatic carbocycles. The molecule has 3 nitrogen and oxygen atoms in total. The Morgan fingerprint density at radius 1 is 1.26 bits per heavy atom. The summed E-state index contributed by atoms with van der Waals surface area (Å²) >= 11 is 1.42. The number of nitrogens with one attached hydrogen (secondary N) is 1. The van der Waals surface area contributed by atoms with Gasteiger partial charge in [0.2, 0.25) is 0 Å². The van der Waals surface area contributed by atoms with Crippen LogP contribution in [0.1, 0.15) is 22.5 Å². The lowest BCUT2D eigenvalue weighted by Gasteiger charge is -2.30. The Morgan fingerprint density at radius 3 is 3.00 bits per heavy atom. The quantitative estimate of drug-likeness (QED) is 0.936. The molecule has 2 aromatic rings. The number of rotatable bonds is 3. The Hall–Kier alpha value is -1.72. The Morgan fingerprint density at radius 2 is 2.17 bits per heavy atom. The smallest absolute Gasteiger partial charge is 0.261 e. The number of benzene rings is 1. The predicted octanol–water partition coefficient (Wildman–Crippen LogP) is 3.38. The Bertz CT molecular complexity index is 717. The van der Waals surface area contributed by atoms with Crippen molar-refractivity contribution in [2.75, 3.05) is 19.6 Å². The van der Waals surface area contributed by atoms with Crippen LogP contribution < -0.4 is 5.32 Å². The molecule has 1 aromatic carbocycles. The number of hydrogen-bond acceptors (Lipinski definition) is 3. The topological polar surface area (TPSA) is 32.3 Å². The number of thiophene rings is 1. The maximum atomic E-state index is 13.3. The normalized spacial score (nSPS) is 26.2. The number of carbonyl (C=O) groups excluding carboxylic acids is 1. The molecule has 2 saturated heterocycles. The van der Waals surface area contributed by atoms with E-state index in [1.165, 1.54) is 43.0 Å². The van der Waals surface area contributed by atoms with Gasteiger partial charge in [-0.25, -0.2) is 4.39 Å². The predicted molar refractivity (Wildman–Crippen MR) is 90.1 cm³/mol. The van der Waals surface area contributed by atoms with Crippen LogP contribution in [0.5, 0.6) is 0 Å². The molecule has 0 spiro atoms. The van der Waals surface area contributed by atoms with Gasteiger partial charge in [0.25, 0.3) is 5.91 Å². The van der Waals surface area contributed by atoms with E-state index in [2.05, 4.69) is 10.2 Å². The maximum Gasteiger partial charge on any atom is 0.261 e. The van der Waals surface area contributed by atoms with Gasteiger partial charge in [-0.05, 0) is 55.1 Å². The highest BCUT2D eigenvalue weighted by molar-refractivity contribution is 7.17. The van der Waals surface area contributed by atoms with Crippen LogP contribution in [-0.4, -0.2) is 36.5 Å². The number of carbonyl (C=O) groups is 1. The summed E-state index contributed by atoms with van der Waals surface area (Å²) in [7, 11) is 0. The van der Waals surface area contributed by atoms with E-state index in [-0.39, 0.29) is 17.8 Å². The molecule has 2 bridgehead atoms. The number of fused-ring (bicyclic) bond motifs is 2. The van der Waals surface area contributed by atoms with Gasteiger partial charge in [-0.2, -0.15) is 0 Å². The summed E-state index contributed by atoms with van der Waals surface area (Å²) in [6.07, 6.45) is 2.35. The highest BCUT2D eigenvalue weighted by atomic mass is 32.1. The molecule has 3 heterocycles. The fourth-order valence-electron chi connectivity index (χ4n) is 3.68. The average Bonchev–Trinajstić information content (AvgIpc) is 3.14. The van der Waals surface area contributed by atoms with Gasteiger partial charge in [-0.1, -0.05) is 12.1 Å². The summed E-state index contributed by atoms with van der Waals surface area (Å²) in [4.78, 5) is 16.5. The van der Waals surface area contributed by atoms with Crippen LogP contribution in [0.4, 0.5) is 4.39 Å². The monoisotopic (exact) mass is 330 g/mol. The summed E-state index contributed by atoms with van der Waals surface area (Å²) in [5.41, 5.74) is 0.816. The first-order valence-corrected chi connectivity index (χ1v) is 8.88. The fraction of sp³-hybridized carbons (Fsp3) is 0.389. The minimum atomic E-state index is -0.256. The standard InChI is InChI=1S/C18H19FN2OS/c19-14-3-1-2-13(9-14)16-4-5-17(23-16)18(22)20-15-8-12-6-7-21(10-12)11-15/h1-5,9,12,15H,6-8,10-11H2,(H,20,22)/t12-,15+/m1/s1. The van der Waals surface area contributed by atoms with Crippen LogP contribution in [-0.2, 0) is 0 Å². The van der Waals surface area contributed by atoms with Gasteiger partial charge >= 0.3 is 0 Å². The third-order valence-electron chi connectivity index (χ3n) is 4.74. The molecule has 2 aliphatic rings. The summed E-state index contributed by atoms with van der Waals surface area (Å²) in [5.74, 6) is 0.471. The molecule has 2 aliphatic heterocycles. The first-order valence-electron chi connectivity index (χ1n) is 8.06. The largest absolute Gasteiger partial charge is 0.347 e. The van der Waals surface area contributed by atoms with Crippen LogP contribution in [0.3, 0.4) is 0 Å². The van der Waals surface area contributed by atoms with Crippen LogP contribution in [0.25, 0.3) is 10.4 Å². The van der Waals surface area contributed by atoms with E-state index < -0.39 is 0 Å². The van der Waals surface area contributed by atoms with E-state index in [1.54, 1.807) is 6.07 Å². The molecule has 1 unspecified atom stereocenters. The molecule has 4 rings (SSSR count). The third kappa shape index (κ3) is 3.16. The first kappa shape index (κ1) is 14.8. The highest BCUT2D eigenvalue weighted by Gasteiger charge is 2.33. The number of nitrogens with zero attached hydrogens (tertiary/aromatic N) is 1. The van der Waals surface area contributed by atoms with Gasteiger partial charge in [0, 0.05) is 24.0 Å². The second-order valence-corrected chi connectivity index (χ2v) is 7.58. The Balaban J connectivity index is 1.45. The molecular formula is C18H19FN2OS. The molecule has 120 valence electrons. The van der Waals surface area contributed by atoms with E-state index in [0.717, 1.165) is 29.3 Å². The van der Waals surface area contributed by atoms with Crippen molar-refractivity contribution in [3.05, 3.63) is 47.1 Å². The molecule has 5 heteroatoms. The van der Waals surface area contributed by atoms with Crippen molar-refractivity contribution in [1.82, 2.24) is 10.2 Å². The number of piperidine rings is 1. The fourth-order valence-corrected chi connectivity index (χ4v) is 4.58. The SMILES string of the molecule is O=C(N[C@H]1C[C@H]2CCN(C2)C1)c1ccc(-c2cccc(F)c2)s1. The average molecular weight is 330 g/mol. The molecular weight excluding hydrogens is 311 g/mol. The number of halogens is 1. The molecule has 0 saturated carbocycles. The zero-order chi connectivity index (χ0) is 15.8. The molecule has 3 atom stereocenters. The lowest BCUT2D eigenvalue weighted by atomic mass is 9.97. The molecule has 0 radical (unpaired) electrons. The van der Waals surface area contributed by atoms with E-state index >= 15 is 0 Å². The van der Waals surface area contributed by atoms with Gasteiger partial charge in [-0.3, -0.25) is 4.79 Å². The van der Waals surface area contributed by atoms with Crippen molar-refractivity contribution in [2.24, 2.45) is 5.92 Å². The zero-order valence-electron chi connectivity index (χ0n) is 12.8.